The second-order valence-corrected chi connectivity index (χ2v) is 7.99. The normalized spacial score (nSPS) is 11.4. The maximum absolute atomic E-state index is 12.8. The minimum absolute atomic E-state index is 0.192. The summed E-state index contributed by atoms with van der Waals surface area (Å²) in [4.78, 5) is 12.3. The van der Waals surface area contributed by atoms with Crippen LogP contribution in [-0.2, 0) is 10.0 Å². The van der Waals surface area contributed by atoms with E-state index >= 15 is 0 Å². The van der Waals surface area contributed by atoms with Crippen LogP contribution in [0.25, 0.3) is 10.8 Å². The largest absolute Gasteiger partial charge is 0.361 e. The molecule has 3 rings (SSSR count). The van der Waals surface area contributed by atoms with Crippen LogP contribution < -0.4 is 14.5 Å². The molecular formula is C18H21N5O2S. The van der Waals surface area contributed by atoms with E-state index < -0.39 is 10.0 Å². The number of nitrogens with one attached hydrogen (secondary N) is 1. The minimum atomic E-state index is -3.76. The van der Waals surface area contributed by atoms with E-state index in [0.717, 1.165) is 10.8 Å². The van der Waals surface area contributed by atoms with Gasteiger partial charge in [0.2, 0.25) is 5.95 Å². The molecule has 0 radical (unpaired) electrons. The monoisotopic (exact) mass is 371 g/mol. The van der Waals surface area contributed by atoms with Crippen molar-refractivity contribution in [2.24, 2.45) is 0 Å². The lowest BCUT2D eigenvalue weighted by atomic mass is 10.1. The van der Waals surface area contributed by atoms with Gasteiger partial charge in [-0.15, -0.1) is 0 Å². The summed E-state index contributed by atoms with van der Waals surface area (Å²) < 4.78 is 28.3. The second kappa shape index (κ2) is 6.80. The van der Waals surface area contributed by atoms with Gasteiger partial charge < -0.3 is 9.80 Å². The van der Waals surface area contributed by atoms with Gasteiger partial charge in [0.25, 0.3) is 10.0 Å². The van der Waals surface area contributed by atoms with Crippen LogP contribution in [0.1, 0.15) is 0 Å². The van der Waals surface area contributed by atoms with Crippen molar-refractivity contribution >= 4 is 38.2 Å². The van der Waals surface area contributed by atoms with Gasteiger partial charge in [0.15, 0.2) is 5.82 Å². The van der Waals surface area contributed by atoms with Crippen LogP contribution in [0, 0.1) is 0 Å². The Kier molecular flexibility index (Phi) is 4.69. The van der Waals surface area contributed by atoms with Gasteiger partial charge in [-0.1, -0.05) is 30.3 Å². The molecule has 0 aliphatic carbocycles. The number of hydrogen-bond acceptors (Lipinski definition) is 6. The highest BCUT2D eigenvalue weighted by atomic mass is 32.2. The highest BCUT2D eigenvalue weighted by Crippen LogP contribution is 2.27. The second-order valence-electron chi connectivity index (χ2n) is 6.31. The number of rotatable bonds is 5. The standard InChI is InChI=1S/C18H21N5O2S/c1-22(2)17-16(12-19-18(20-17)23(3)4)21-26(24,25)15-10-9-13-7-5-6-8-14(13)11-15/h5-12,21H,1-4H3. The third kappa shape index (κ3) is 3.55. The molecule has 0 saturated heterocycles. The molecule has 26 heavy (non-hydrogen) atoms. The summed E-state index contributed by atoms with van der Waals surface area (Å²) in [5.74, 6) is 0.996. The molecule has 0 bridgehead atoms. The molecule has 0 fully saturated rings. The van der Waals surface area contributed by atoms with Crippen molar-refractivity contribution in [2.45, 2.75) is 4.90 Å². The van der Waals surface area contributed by atoms with E-state index in [9.17, 15) is 8.42 Å². The van der Waals surface area contributed by atoms with E-state index in [-0.39, 0.29) is 4.90 Å². The topological polar surface area (TPSA) is 78.4 Å². The van der Waals surface area contributed by atoms with E-state index in [1.54, 1.807) is 42.1 Å². The molecule has 1 N–H and O–H groups in total. The average molecular weight is 371 g/mol. The first-order valence-corrected chi connectivity index (χ1v) is 9.49. The molecular weight excluding hydrogens is 350 g/mol. The molecule has 0 atom stereocenters. The van der Waals surface area contributed by atoms with E-state index in [1.807, 2.05) is 38.4 Å². The zero-order chi connectivity index (χ0) is 18.9. The van der Waals surface area contributed by atoms with Crippen molar-refractivity contribution in [1.29, 1.82) is 0 Å². The van der Waals surface area contributed by atoms with Crippen molar-refractivity contribution in [3.8, 4) is 0 Å². The lowest BCUT2D eigenvalue weighted by Crippen LogP contribution is -2.21. The molecule has 1 aromatic heterocycles. The third-order valence-corrected chi connectivity index (χ3v) is 5.22. The summed E-state index contributed by atoms with van der Waals surface area (Å²) in [5, 5.41) is 1.85. The zero-order valence-electron chi connectivity index (χ0n) is 15.1. The van der Waals surface area contributed by atoms with Crippen LogP contribution in [-0.4, -0.2) is 46.6 Å². The smallest absolute Gasteiger partial charge is 0.262 e. The SMILES string of the molecule is CN(C)c1ncc(NS(=O)(=O)c2ccc3ccccc3c2)c(N(C)C)n1. The number of aromatic nitrogens is 2. The van der Waals surface area contributed by atoms with Crippen molar-refractivity contribution in [3.63, 3.8) is 0 Å². The van der Waals surface area contributed by atoms with Gasteiger partial charge in [0.05, 0.1) is 11.1 Å². The summed E-state index contributed by atoms with van der Waals surface area (Å²) >= 11 is 0. The Labute approximate surface area is 153 Å². The summed E-state index contributed by atoms with van der Waals surface area (Å²) in [6.07, 6.45) is 1.48. The van der Waals surface area contributed by atoms with Crippen LogP contribution in [0.4, 0.5) is 17.5 Å². The number of anilines is 3. The molecule has 0 aliphatic rings. The molecule has 0 amide bonds. The fourth-order valence-electron chi connectivity index (χ4n) is 2.53. The van der Waals surface area contributed by atoms with Gasteiger partial charge in [-0.05, 0) is 22.9 Å². The van der Waals surface area contributed by atoms with Crippen LogP contribution in [0.3, 0.4) is 0 Å². The first-order valence-electron chi connectivity index (χ1n) is 8.01. The van der Waals surface area contributed by atoms with Gasteiger partial charge >= 0.3 is 0 Å². The van der Waals surface area contributed by atoms with Crippen molar-refractivity contribution in [2.75, 3.05) is 42.7 Å². The molecule has 0 aliphatic heterocycles. The number of sulfonamides is 1. The maximum atomic E-state index is 12.8. The van der Waals surface area contributed by atoms with E-state index in [2.05, 4.69) is 14.7 Å². The van der Waals surface area contributed by atoms with Crippen molar-refractivity contribution in [1.82, 2.24) is 9.97 Å². The van der Waals surface area contributed by atoms with E-state index in [1.165, 1.54) is 6.20 Å². The predicted octanol–water partition coefficient (Wildman–Crippen LogP) is 2.56. The lowest BCUT2D eigenvalue weighted by Gasteiger charge is -2.19. The Balaban J connectivity index is 2.00. The van der Waals surface area contributed by atoms with Gasteiger partial charge in [0.1, 0.15) is 5.69 Å². The molecule has 136 valence electrons. The van der Waals surface area contributed by atoms with E-state index in [0.29, 0.717) is 17.5 Å². The Morgan fingerprint density at radius 3 is 2.27 bits per heavy atom. The van der Waals surface area contributed by atoms with Gasteiger partial charge in [0, 0.05) is 28.2 Å². The Hall–Kier alpha value is -2.87. The molecule has 0 spiro atoms. The molecule has 8 heteroatoms. The lowest BCUT2D eigenvalue weighted by molar-refractivity contribution is 0.601. The number of benzene rings is 2. The first kappa shape index (κ1) is 17.9. The molecule has 0 saturated carbocycles. The number of nitrogens with zero attached hydrogens (tertiary/aromatic N) is 4. The van der Waals surface area contributed by atoms with Crippen LogP contribution in [0.2, 0.25) is 0 Å². The van der Waals surface area contributed by atoms with Crippen molar-refractivity contribution < 1.29 is 8.42 Å². The van der Waals surface area contributed by atoms with E-state index in [4.69, 9.17) is 0 Å². The average Bonchev–Trinajstić information content (AvgIpc) is 2.61. The van der Waals surface area contributed by atoms with Gasteiger partial charge in [-0.2, -0.15) is 4.98 Å². The summed E-state index contributed by atoms with van der Waals surface area (Å²) in [6, 6.07) is 12.7. The number of fused-ring (bicyclic) bond motifs is 1. The summed E-state index contributed by atoms with van der Waals surface area (Å²) in [7, 11) is 3.49. The maximum Gasteiger partial charge on any atom is 0.262 e. The summed E-state index contributed by atoms with van der Waals surface area (Å²) in [5.41, 5.74) is 0.328. The first-order chi connectivity index (χ1) is 12.3. The summed E-state index contributed by atoms with van der Waals surface area (Å²) in [6.45, 7) is 0. The Morgan fingerprint density at radius 1 is 0.923 bits per heavy atom. The van der Waals surface area contributed by atoms with Crippen LogP contribution in [0.5, 0.6) is 0 Å². The fourth-order valence-corrected chi connectivity index (χ4v) is 3.61. The van der Waals surface area contributed by atoms with Crippen LogP contribution in [0.15, 0.2) is 53.6 Å². The van der Waals surface area contributed by atoms with Crippen LogP contribution >= 0.6 is 0 Å². The highest BCUT2D eigenvalue weighted by Gasteiger charge is 2.19. The molecule has 1 heterocycles. The molecule has 3 aromatic rings. The van der Waals surface area contributed by atoms with Gasteiger partial charge in [-0.3, -0.25) is 4.72 Å². The molecule has 0 unspecified atom stereocenters. The quantitative estimate of drug-likeness (QED) is 0.743. The molecule has 7 nitrogen and oxygen atoms in total. The number of hydrogen-bond donors (Lipinski definition) is 1. The highest BCUT2D eigenvalue weighted by molar-refractivity contribution is 7.92. The van der Waals surface area contributed by atoms with Gasteiger partial charge in [-0.25, -0.2) is 13.4 Å². The fraction of sp³-hybridized carbons (Fsp3) is 0.222. The predicted molar refractivity (Wildman–Crippen MR) is 105 cm³/mol. The Bertz CT molecular complexity index is 1050. The zero-order valence-corrected chi connectivity index (χ0v) is 15.9. The van der Waals surface area contributed by atoms with Crippen molar-refractivity contribution in [3.05, 3.63) is 48.7 Å². The Morgan fingerprint density at radius 2 is 1.62 bits per heavy atom. The third-order valence-electron chi connectivity index (χ3n) is 3.86. The minimum Gasteiger partial charge on any atom is -0.361 e. The molecule has 2 aromatic carbocycles.